The van der Waals surface area contributed by atoms with Gasteiger partial charge in [0.1, 0.15) is 5.52 Å². The van der Waals surface area contributed by atoms with E-state index in [-0.39, 0.29) is 5.52 Å². The minimum Gasteiger partial charge on any atom is -0.311 e. The summed E-state index contributed by atoms with van der Waals surface area (Å²) in [5.41, 5.74) is 3.05. The van der Waals surface area contributed by atoms with Crippen LogP contribution >= 0.6 is 0 Å². The second-order valence-electron chi connectivity index (χ2n) is 7.27. The highest BCUT2D eigenvalue weighted by Crippen LogP contribution is 2.31. The Labute approximate surface area is 175 Å². The number of benzene rings is 3. The lowest BCUT2D eigenvalue weighted by Gasteiger charge is -2.09. The zero-order valence-electron chi connectivity index (χ0n) is 16.1. The monoisotopic (exact) mass is 417 g/mol. The Morgan fingerprint density at radius 2 is 1.32 bits per heavy atom. The molecule has 0 spiro atoms. The number of nitrogens with zero attached hydrogens (tertiary/aromatic N) is 1. The molecule has 1 N–H and O–H groups in total. The van der Waals surface area contributed by atoms with Gasteiger partial charge < -0.3 is 4.98 Å². The lowest BCUT2D eigenvalue weighted by atomic mass is 10.0. The first-order valence-corrected chi connectivity index (χ1v) is 9.66. The van der Waals surface area contributed by atoms with Gasteiger partial charge in [-0.25, -0.2) is 0 Å². The highest BCUT2D eigenvalue weighted by Gasteiger charge is 2.32. The lowest BCUT2D eigenvalue weighted by Crippen LogP contribution is -2.33. The van der Waals surface area contributed by atoms with Crippen LogP contribution in [0.3, 0.4) is 0 Å². The van der Waals surface area contributed by atoms with Crippen LogP contribution in [0.25, 0.3) is 38.9 Å². The van der Waals surface area contributed by atoms with Crippen LogP contribution in [-0.2, 0) is 6.18 Å². The summed E-state index contributed by atoms with van der Waals surface area (Å²) < 4.78 is 41.4. The van der Waals surface area contributed by atoms with Gasteiger partial charge in [-0.15, -0.1) is 4.40 Å². The molecule has 3 nitrogen and oxygen atoms in total. The molecule has 152 valence electrons. The summed E-state index contributed by atoms with van der Waals surface area (Å²) in [6.45, 7) is 0. The van der Waals surface area contributed by atoms with E-state index in [0.29, 0.717) is 16.7 Å². The quantitative estimate of drug-likeness (QED) is 0.294. The molecule has 0 unspecified atom stereocenters. The van der Waals surface area contributed by atoms with Crippen LogP contribution in [0, 0.1) is 0 Å². The Kier molecular flexibility index (Phi) is 4.36. The normalized spacial score (nSPS) is 11.8. The molecule has 0 amide bonds. The highest BCUT2D eigenvalue weighted by molar-refractivity contribution is 5.78. The molecule has 0 saturated heterocycles. The van der Waals surface area contributed by atoms with E-state index in [1.807, 2.05) is 66.7 Å². The summed E-state index contributed by atoms with van der Waals surface area (Å²) in [4.78, 5) is 15.6. The van der Waals surface area contributed by atoms with Crippen molar-refractivity contribution in [1.82, 2.24) is 4.98 Å². The minimum absolute atomic E-state index is 0.127. The van der Waals surface area contributed by atoms with E-state index in [1.54, 1.807) is 10.5 Å². The average Bonchev–Trinajstić information content (AvgIpc) is 2.79. The molecule has 2 heterocycles. The van der Waals surface area contributed by atoms with Crippen molar-refractivity contribution in [3.05, 3.63) is 107 Å². The first-order valence-electron chi connectivity index (χ1n) is 9.66. The van der Waals surface area contributed by atoms with Gasteiger partial charge in [-0.3, -0.25) is 4.79 Å². The van der Waals surface area contributed by atoms with Crippen LogP contribution in [-0.4, -0.2) is 4.98 Å². The van der Waals surface area contributed by atoms with Gasteiger partial charge in [-0.2, -0.15) is 13.2 Å². The Hall–Kier alpha value is -3.93. The molecule has 0 fully saturated rings. The first kappa shape index (κ1) is 19.1. The first-order chi connectivity index (χ1) is 14.9. The van der Waals surface area contributed by atoms with Crippen LogP contribution in [0.2, 0.25) is 0 Å². The Balaban J connectivity index is 1.92. The highest BCUT2D eigenvalue weighted by atomic mass is 19.4. The number of pyridine rings is 1. The van der Waals surface area contributed by atoms with E-state index < -0.39 is 17.3 Å². The van der Waals surface area contributed by atoms with E-state index in [1.165, 1.54) is 6.07 Å². The Morgan fingerprint density at radius 1 is 0.677 bits per heavy atom. The average molecular weight is 417 g/mol. The van der Waals surface area contributed by atoms with Crippen molar-refractivity contribution in [2.24, 2.45) is 0 Å². The largest absolute Gasteiger partial charge is 0.416 e. The topological polar surface area (TPSA) is 37.0 Å². The fourth-order valence-corrected chi connectivity index (χ4v) is 3.83. The zero-order valence-corrected chi connectivity index (χ0v) is 16.1. The maximum atomic E-state index is 13.2. The van der Waals surface area contributed by atoms with Crippen molar-refractivity contribution in [3.8, 4) is 22.4 Å². The Morgan fingerprint density at radius 3 is 1.97 bits per heavy atom. The van der Waals surface area contributed by atoms with Crippen molar-refractivity contribution in [2.45, 2.75) is 6.18 Å². The van der Waals surface area contributed by atoms with Crippen LogP contribution in [0.15, 0.2) is 95.8 Å². The van der Waals surface area contributed by atoms with E-state index in [2.05, 4.69) is 4.98 Å². The van der Waals surface area contributed by atoms with Crippen molar-refractivity contribution >= 4 is 16.6 Å². The third-order valence-electron chi connectivity index (χ3n) is 5.29. The standard InChI is InChI=1S/C25H15F3N2O/c26-25(27,28)19-11-12-21-20(15-19)29-24(31)23-14-18(16-7-3-1-4-8-16)13-22(30(21)23)17-9-5-2-6-10-17/h1-15H/p+1. The maximum absolute atomic E-state index is 13.2. The number of hydrogen-bond donors (Lipinski definition) is 1. The summed E-state index contributed by atoms with van der Waals surface area (Å²) in [6, 6.07) is 26.2. The van der Waals surface area contributed by atoms with E-state index in [0.717, 1.165) is 28.8 Å². The Bertz CT molecular complexity index is 1470. The predicted octanol–water partition coefficient (Wildman–Crippen LogP) is 5.62. The fraction of sp³-hybridized carbons (Fsp3) is 0.0400. The van der Waals surface area contributed by atoms with E-state index in [9.17, 15) is 18.0 Å². The number of fused-ring (bicyclic) bond motifs is 3. The molecule has 0 radical (unpaired) electrons. The second kappa shape index (κ2) is 7.09. The molecule has 6 heteroatoms. The molecular weight excluding hydrogens is 401 g/mol. The number of nitrogens with one attached hydrogen (secondary N) is 1. The summed E-state index contributed by atoms with van der Waals surface area (Å²) >= 11 is 0. The molecule has 3 aromatic carbocycles. The SMILES string of the molecule is O=c1[nH]c2cc(C(F)(F)F)ccc2[n+]2c(-c3ccccc3)cc(-c3ccccc3)cc12. The molecule has 0 saturated carbocycles. The number of aromatic amines is 1. The van der Waals surface area contributed by atoms with Gasteiger partial charge in [-0.1, -0.05) is 48.5 Å². The third-order valence-corrected chi connectivity index (χ3v) is 5.29. The smallest absolute Gasteiger partial charge is 0.311 e. The van der Waals surface area contributed by atoms with E-state index >= 15 is 0 Å². The summed E-state index contributed by atoms with van der Waals surface area (Å²) in [5.74, 6) is 0. The van der Waals surface area contributed by atoms with Gasteiger partial charge in [0.2, 0.25) is 11.2 Å². The van der Waals surface area contributed by atoms with Crippen LogP contribution < -0.4 is 9.96 Å². The van der Waals surface area contributed by atoms with Crippen molar-refractivity contribution in [3.63, 3.8) is 0 Å². The molecule has 2 aromatic heterocycles. The van der Waals surface area contributed by atoms with Crippen molar-refractivity contribution in [1.29, 1.82) is 0 Å². The van der Waals surface area contributed by atoms with E-state index in [4.69, 9.17) is 0 Å². The minimum atomic E-state index is -4.50. The van der Waals surface area contributed by atoms with Crippen LogP contribution in [0.5, 0.6) is 0 Å². The molecular formula is C25H16F3N2O+. The molecule has 0 aliphatic heterocycles. The molecule has 5 aromatic rings. The summed E-state index contributed by atoms with van der Waals surface area (Å²) in [5, 5.41) is 0. The number of alkyl halides is 3. The number of aromatic nitrogens is 2. The molecule has 31 heavy (non-hydrogen) atoms. The number of rotatable bonds is 2. The van der Waals surface area contributed by atoms with Gasteiger partial charge in [0, 0.05) is 23.8 Å². The van der Waals surface area contributed by atoms with Gasteiger partial charge >= 0.3 is 11.7 Å². The summed E-state index contributed by atoms with van der Waals surface area (Å²) in [6.07, 6.45) is -4.50. The van der Waals surface area contributed by atoms with Gasteiger partial charge in [0.25, 0.3) is 5.52 Å². The molecule has 0 aliphatic carbocycles. The zero-order chi connectivity index (χ0) is 21.6. The molecule has 5 rings (SSSR count). The molecule has 0 atom stereocenters. The molecule has 0 aliphatic rings. The van der Waals surface area contributed by atoms with Crippen LogP contribution in [0.4, 0.5) is 13.2 Å². The van der Waals surface area contributed by atoms with Gasteiger partial charge in [0.05, 0.1) is 5.56 Å². The summed E-state index contributed by atoms with van der Waals surface area (Å²) in [7, 11) is 0. The number of halogens is 3. The second-order valence-corrected chi connectivity index (χ2v) is 7.27. The number of H-pyrrole nitrogens is 1. The maximum Gasteiger partial charge on any atom is 0.416 e. The van der Waals surface area contributed by atoms with Crippen LogP contribution in [0.1, 0.15) is 5.56 Å². The van der Waals surface area contributed by atoms with Gasteiger partial charge in [-0.05, 0) is 35.4 Å². The predicted molar refractivity (Wildman–Crippen MR) is 114 cm³/mol. The van der Waals surface area contributed by atoms with Gasteiger partial charge in [0.15, 0.2) is 0 Å². The number of hydrogen-bond acceptors (Lipinski definition) is 1. The lowest BCUT2D eigenvalue weighted by molar-refractivity contribution is -0.470. The third kappa shape index (κ3) is 3.36. The van der Waals surface area contributed by atoms with Crippen molar-refractivity contribution < 1.29 is 17.6 Å². The fourth-order valence-electron chi connectivity index (χ4n) is 3.83. The van der Waals surface area contributed by atoms with Crippen molar-refractivity contribution in [2.75, 3.05) is 0 Å². The molecule has 0 bridgehead atoms.